The molecule has 2 unspecified atom stereocenters. The molecule has 1 heterocycles. The summed E-state index contributed by atoms with van der Waals surface area (Å²) in [6, 6.07) is 0. The molecule has 1 saturated carbocycles. The average Bonchev–Trinajstić information content (AvgIpc) is 2.64. The smallest absolute Gasteiger partial charge is 0.241 e. The number of rotatable bonds is 4. The maximum Gasteiger partial charge on any atom is 0.241 e. The molecule has 1 aliphatic carbocycles. The Morgan fingerprint density at radius 3 is 2.85 bits per heavy atom. The highest BCUT2D eigenvalue weighted by Crippen LogP contribution is 2.23. The molecular weight excluding hydrogens is 278 g/mol. The van der Waals surface area contributed by atoms with Crippen LogP contribution in [0.2, 0.25) is 5.02 Å². The fourth-order valence-electron chi connectivity index (χ4n) is 2.73. The van der Waals surface area contributed by atoms with Crippen LogP contribution in [0.4, 0.5) is 0 Å². The maximum atomic E-state index is 11.9. The fourth-order valence-corrected chi connectivity index (χ4v) is 2.86. The standard InChI is InChI=1S/C14H22ClN3O2/c1-9-14(15)10(2)18(17-9)8-13(20)16-7-11-4-3-5-12(19)6-11/h11-12,19H,3-8H2,1-2H3,(H,16,20). The molecular formula is C14H22ClN3O2. The van der Waals surface area contributed by atoms with Gasteiger partial charge in [0.1, 0.15) is 6.54 Å². The summed E-state index contributed by atoms with van der Waals surface area (Å²) in [7, 11) is 0. The van der Waals surface area contributed by atoms with Gasteiger partial charge in [0.25, 0.3) is 0 Å². The molecule has 6 heteroatoms. The number of nitrogens with zero attached hydrogens (tertiary/aromatic N) is 2. The summed E-state index contributed by atoms with van der Waals surface area (Å²) in [5.41, 5.74) is 1.56. The molecule has 2 rings (SSSR count). The van der Waals surface area contributed by atoms with Crippen LogP contribution >= 0.6 is 11.6 Å². The number of hydrogen-bond acceptors (Lipinski definition) is 3. The normalized spacial score (nSPS) is 22.8. The van der Waals surface area contributed by atoms with E-state index in [1.54, 1.807) is 4.68 Å². The fraction of sp³-hybridized carbons (Fsp3) is 0.714. The van der Waals surface area contributed by atoms with Crippen LogP contribution in [0.3, 0.4) is 0 Å². The summed E-state index contributed by atoms with van der Waals surface area (Å²) >= 11 is 6.05. The second kappa shape index (κ2) is 6.59. The summed E-state index contributed by atoms with van der Waals surface area (Å²) in [6.45, 7) is 4.50. The van der Waals surface area contributed by atoms with Gasteiger partial charge in [-0.25, -0.2) is 0 Å². The van der Waals surface area contributed by atoms with Crippen molar-refractivity contribution < 1.29 is 9.90 Å². The number of aliphatic hydroxyl groups excluding tert-OH is 1. The van der Waals surface area contributed by atoms with Gasteiger partial charge in [0, 0.05) is 6.54 Å². The van der Waals surface area contributed by atoms with E-state index in [0.717, 1.165) is 37.1 Å². The number of nitrogens with one attached hydrogen (secondary N) is 1. The van der Waals surface area contributed by atoms with Gasteiger partial charge < -0.3 is 10.4 Å². The Hall–Kier alpha value is -1.07. The van der Waals surface area contributed by atoms with Crippen LogP contribution in [0.15, 0.2) is 0 Å². The van der Waals surface area contributed by atoms with E-state index in [1.165, 1.54) is 0 Å². The second-order valence-electron chi connectivity index (χ2n) is 5.63. The molecule has 0 spiro atoms. The summed E-state index contributed by atoms with van der Waals surface area (Å²) in [5.74, 6) is 0.319. The number of amides is 1. The third kappa shape index (κ3) is 3.73. The molecule has 0 bridgehead atoms. The topological polar surface area (TPSA) is 67.2 Å². The van der Waals surface area contributed by atoms with Crippen molar-refractivity contribution in [3.63, 3.8) is 0 Å². The molecule has 112 valence electrons. The van der Waals surface area contributed by atoms with E-state index in [0.29, 0.717) is 17.5 Å². The van der Waals surface area contributed by atoms with Crippen molar-refractivity contribution >= 4 is 17.5 Å². The number of aromatic nitrogens is 2. The lowest BCUT2D eigenvalue weighted by molar-refractivity contribution is -0.122. The van der Waals surface area contributed by atoms with Crippen LogP contribution in [0.25, 0.3) is 0 Å². The molecule has 1 aliphatic rings. The highest BCUT2D eigenvalue weighted by molar-refractivity contribution is 6.31. The Morgan fingerprint density at radius 2 is 2.25 bits per heavy atom. The van der Waals surface area contributed by atoms with Gasteiger partial charge in [-0.2, -0.15) is 5.10 Å². The van der Waals surface area contributed by atoms with Crippen molar-refractivity contribution in [1.29, 1.82) is 0 Å². The van der Waals surface area contributed by atoms with Crippen LogP contribution in [0.1, 0.15) is 37.1 Å². The van der Waals surface area contributed by atoms with Crippen LogP contribution < -0.4 is 5.32 Å². The molecule has 0 aliphatic heterocycles. The first-order valence-electron chi connectivity index (χ1n) is 7.11. The molecule has 5 nitrogen and oxygen atoms in total. The Balaban J connectivity index is 1.82. The van der Waals surface area contributed by atoms with Crippen molar-refractivity contribution in [2.24, 2.45) is 5.92 Å². The first kappa shape index (κ1) is 15.3. The van der Waals surface area contributed by atoms with Gasteiger partial charge in [0.2, 0.25) is 5.91 Å². The van der Waals surface area contributed by atoms with Crippen molar-refractivity contribution in [2.45, 2.75) is 52.2 Å². The van der Waals surface area contributed by atoms with Crippen molar-refractivity contribution in [3.05, 3.63) is 16.4 Å². The number of aryl methyl sites for hydroxylation is 1. The minimum Gasteiger partial charge on any atom is -0.393 e. The zero-order valence-corrected chi connectivity index (χ0v) is 12.8. The lowest BCUT2D eigenvalue weighted by Gasteiger charge is -2.25. The number of hydrogen-bond donors (Lipinski definition) is 2. The minimum atomic E-state index is -0.208. The van der Waals surface area contributed by atoms with E-state index in [1.807, 2.05) is 13.8 Å². The van der Waals surface area contributed by atoms with E-state index in [2.05, 4.69) is 10.4 Å². The van der Waals surface area contributed by atoms with Gasteiger partial charge in [-0.05, 0) is 39.0 Å². The molecule has 2 N–H and O–H groups in total. The molecule has 0 saturated heterocycles. The van der Waals surface area contributed by atoms with Gasteiger partial charge in [-0.15, -0.1) is 0 Å². The quantitative estimate of drug-likeness (QED) is 0.891. The molecule has 20 heavy (non-hydrogen) atoms. The zero-order chi connectivity index (χ0) is 14.7. The molecule has 1 amide bonds. The second-order valence-corrected chi connectivity index (χ2v) is 6.01. The Bertz CT molecular complexity index is 487. The Labute approximate surface area is 124 Å². The SMILES string of the molecule is Cc1nn(CC(=O)NCC2CCCC(O)C2)c(C)c1Cl. The van der Waals surface area contributed by atoms with Crippen LogP contribution in [-0.4, -0.2) is 33.4 Å². The predicted molar refractivity (Wildman–Crippen MR) is 77.7 cm³/mol. The van der Waals surface area contributed by atoms with Crippen LogP contribution in [-0.2, 0) is 11.3 Å². The van der Waals surface area contributed by atoms with E-state index in [-0.39, 0.29) is 18.6 Å². The monoisotopic (exact) mass is 299 g/mol. The van der Waals surface area contributed by atoms with E-state index in [9.17, 15) is 9.90 Å². The predicted octanol–water partition coefficient (Wildman–Crippen LogP) is 1.82. The van der Waals surface area contributed by atoms with Crippen LogP contribution in [0.5, 0.6) is 0 Å². The summed E-state index contributed by atoms with van der Waals surface area (Å²) < 4.78 is 1.63. The minimum absolute atomic E-state index is 0.0627. The average molecular weight is 300 g/mol. The maximum absolute atomic E-state index is 11.9. The molecule has 2 atom stereocenters. The number of carbonyl (C=O) groups is 1. The summed E-state index contributed by atoms with van der Waals surface area (Å²) in [5, 5.41) is 17.4. The van der Waals surface area contributed by atoms with Crippen molar-refractivity contribution in [1.82, 2.24) is 15.1 Å². The summed E-state index contributed by atoms with van der Waals surface area (Å²) in [4.78, 5) is 11.9. The van der Waals surface area contributed by atoms with Gasteiger partial charge in [-0.3, -0.25) is 9.48 Å². The van der Waals surface area contributed by atoms with E-state index in [4.69, 9.17) is 11.6 Å². The number of aliphatic hydroxyl groups is 1. The Morgan fingerprint density at radius 1 is 1.50 bits per heavy atom. The van der Waals surface area contributed by atoms with Crippen molar-refractivity contribution in [3.8, 4) is 0 Å². The molecule has 1 fully saturated rings. The molecule has 1 aromatic heterocycles. The third-order valence-corrected chi connectivity index (χ3v) is 4.48. The van der Waals surface area contributed by atoms with Gasteiger partial charge in [0.05, 0.1) is 22.5 Å². The van der Waals surface area contributed by atoms with E-state index < -0.39 is 0 Å². The third-order valence-electron chi connectivity index (χ3n) is 3.93. The van der Waals surface area contributed by atoms with E-state index >= 15 is 0 Å². The lowest BCUT2D eigenvalue weighted by atomic mass is 9.87. The van der Waals surface area contributed by atoms with Crippen molar-refractivity contribution in [2.75, 3.05) is 6.54 Å². The highest BCUT2D eigenvalue weighted by Gasteiger charge is 2.20. The van der Waals surface area contributed by atoms with Crippen LogP contribution in [0, 0.1) is 19.8 Å². The van der Waals surface area contributed by atoms with Gasteiger partial charge in [-0.1, -0.05) is 18.0 Å². The lowest BCUT2D eigenvalue weighted by Crippen LogP contribution is -2.35. The first-order chi connectivity index (χ1) is 9.47. The number of carbonyl (C=O) groups excluding carboxylic acids is 1. The largest absolute Gasteiger partial charge is 0.393 e. The highest BCUT2D eigenvalue weighted by atomic mass is 35.5. The van der Waals surface area contributed by atoms with Gasteiger partial charge >= 0.3 is 0 Å². The Kier molecular flexibility index (Phi) is 5.05. The molecule has 0 radical (unpaired) electrons. The van der Waals surface area contributed by atoms with Gasteiger partial charge in [0.15, 0.2) is 0 Å². The zero-order valence-electron chi connectivity index (χ0n) is 12.0. The molecule has 1 aromatic rings. The molecule has 0 aromatic carbocycles. The summed E-state index contributed by atoms with van der Waals surface area (Å²) in [6.07, 6.45) is 3.57. The number of halogens is 1. The first-order valence-corrected chi connectivity index (χ1v) is 7.49.